The topological polar surface area (TPSA) is 40.6 Å². The van der Waals surface area contributed by atoms with Gasteiger partial charge in [0.1, 0.15) is 5.82 Å². The van der Waals surface area contributed by atoms with Crippen LogP contribution in [0.15, 0.2) is 36.4 Å². The molecule has 0 aliphatic carbocycles. The normalized spacial score (nSPS) is 15.2. The van der Waals surface area contributed by atoms with Crippen LogP contribution in [0.3, 0.4) is 0 Å². The van der Waals surface area contributed by atoms with Crippen molar-refractivity contribution in [1.82, 2.24) is 9.80 Å². The number of hydrogen-bond donors (Lipinski definition) is 0. The Hall–Kier alpha value is -1.92. The number of hydrogen-bond acceptors (Lipinski definition) is 3. The molecule has 2 amide bonds. The Kier molecular flexibility index (Phi) is 5.16. The molecular weight excluding hydrogens is 351 g/mol. The molecular formula is C17H16ClFN2O2S. The van der Waals surface area contributed by atoms with Crippen molar-refractivity contribution < 1.29 is 14.0 Å². The Balaban J connectivity index is 1.68. The van der Waals surface area contributed by atoms with Gasteiger partial charge >= 0.3 is 0 Å². The lowest BCUT2D eigenvalue weighted by atomic mass is 10.2. The highest BCUT2D eigenvalue weighted by Gasteiger charge is 2.25. The van der Waals surface area contributed by atoms with Crippen LogP contribution in [-0.2, 0) is 0 Å². The third-order valence-electron chi connectivity index (χ3n) is 3.96. The molecule has 0 N–H and O–H groups in total. The second kappa shape index (κ2) is 7.32. The highest BCUT2D eigenvalue weighted by atomic mass is 35.5. The molecule has 126 valence electrons. The number of nitrogens with zero attached hydrogens (tertiary/aromatic N) is 2. The summed E-state index contributed by atoms with van der Waals surface area (Å²) in [4.78, 5) is 28.9. The number of thiophene rings is 1. The Morgan fingerprint density at radius 1 is 0.958 bits per heavy atom. The molecule has 2 aromatic rings. The van der Waals surface area contributed by atoms with Gasteiger partial charge in [-0.1, -0.05) is 23.7 Å². The monoisotopic (exact) mass is 366 g/mol. The molecule has 0 bridgehead atoms. The predicted octanol–water partition coefficient (Wildman–Crippen LogP) is 3.53. The predicted molar refractivity (Wildman–Crippen MR) is 92.2 cm³/mol. The van der Waals surface area contributed by atoms with Gasteiger partial charge in [-0.15, -0.1) is 11.3 Å². The van der Waals surface area contributed by atoms with Gasteiger partial charge in [0.05, 0.1) is 14.8 Å². The van der Waals surface area contributed by atoms with Gasteiger partial charge in [0, 0.05) is 26.2 Å². The van der Waals surface area contributed by atoms with Gasteiger partial charge in [-0.2, -0.15) is 0 Å². The summed E-state index contributed by atoms with van der Waals surface area (Å²) in [5.74, 6) is -0.929. The average molecular weight is 367 g/mol. The van der Waals surface area contributed by atoms with Gasteiger partial charge in [0.25, 0.3) is 11.8 Å². The van der Waals surface area contributed by atoms with Gasteiger partial charge in [-0.25, -0.2) is 4.39 Å². The first-order chi connectivity index (χ1) is 11.6. The number of benzene rings is 1. The van der Waals surface area contributed by atoms with Crippen molar-refractivity contribution in [2.45, 2.75) is 6.42 Å². The number of halogens is 2. The maximum absolute atomic E-state index is 13.8. The molecule has 0 unspecified atom stereocenters. The molecule has 2 heterocycles. The maximum atomic E-state index is 13.8. The zero-order valence-corrected chi connectivity index (χ0v) is 14.4. The van der Waals surface area contributed by atoms with E-state index in [9.17, 15) is 14.0 Å². The second-order valence-corrected chi connectivity index (χ2v) is 7.24. The second-order valence-electron chi connectivity index (χ2n) is 5.52. The van der Waals surface area contributed by atoms with Gasteiger partial charge in [-0.05, 0) is 30.7 Å². The fraction of sp³-hybridized carbons (Fsp3) is 0.294. The van der Waals surface area contributed by atoms with Gasteiger partial charge in [-0.3, -0.25) is 9.59 Å². The van der Waals surface area contributed by atoms with Gasteiger partial charge in [0.2, 0.25) is 0 Å². The molecule has 1 saturated heterocycles. The molecule has 7 heteroatoms. The van der Waals surface area contributed by atoms with Crippen molar-refractivity contribution in [3.05, 3.63) is 57.0 Å². The minimum atomic E-state index is -0.520. The Labute approximate surface area is 148 Å². The van der Waals surface area contributed by atoms with Crippen molar-refractivity contribution in [3.63, 3.8) is 0 Å². The summed E-state index contributed by atoms with van der Waals surface area (Å²) < 4.78 is 14.4. The van der Waals surface area contributed by atoms with E-state index in [-0.39, 0.29) is 17.4 Å². The van der Waals surface area contributed by atoms with Gasteiger partial charge < -0.3 is 9.80 Å². The standard InChI is InChI=1S/C17H16ClFN2O2S/c18-15-7-6-14(24-15)17(23)21-9-3-8-20(10-11-21)16(22)12-4-1-2-5-13(12)19/h1-2,4-7H,3,8-11H2. The van der Waals surface area contributed by atoms with Crippen molar-refractivity contribution in [2.24, 2.45) is 0 Å². The van der Waals surface area contributed by atoms with E-state index >= 15 is 0 Å². The minimum Gasteiger partial charge on any atom is -0.337 e. The van der Waals surface area contributed by atoms with Crippen LogP contribution in [0.4, 0.5) is 4.39 Å². The Morgan fingerprint density at radius 3 is 2.25 bits per heavy atom. The number of carbonyl (C=O) groups is 2. The lowest BCUT2D eigenvalue weighted by Gasteiger charge is -2.22. The number of amides is 2. The smallest absolute Gasteiger partial charge is 0.264 e. The first-order valence-electron chi connectivity index (χ1n) is 7.64. The first-order valence-corrected chi connectivity index (χ1v) is 8.84. The summed E-state index contributed by atoms with van der Waals surface area (Å²) >= 11 is 7.13. The first kappa shape index (κ1) is 16.9. The molecule has 1 fully saturated rings. The SMILES string of the molecule is O=C(c1ccc(Cl)s1)N1CCCN(C(=O)c2ccccc2F)CC1. The Morgan fingerprint density at radius 2 is 1.62 bits per heavy atom. The van der Waals surface area contributed by atoms with Crippen LogP contribution in [0.2, 0.25) is 4.34 Å². The van der Waals surface area contributed by atoms with E-state index in [1.807, 2.05) is 0 Å². The molecule has 0 radical (unpaired) electrons. The summed E-state index contributed by atoms with van der Waals surface area (Å²) in [7, 11) is 0. The fourth-order valence-electron chi connectivity index (χ4n) is 2.71. The highest BCUT2D eigenvalue weighted by Crippen LogP contribution is 2.23. The molecule has 1 aromatic carbocycles. The van der Waals surface area contributed by atoms with Crippen molar-refractivity contribution >= 4 is 34.8 Å². The minimum absolute atomic E-state index is 0.0716. The fourth-order valence-corrected chi connectivity index (χ4v) is 3.72. The van der Waals surface area contributed by atoms with Crippen LogP contribution in [-0.4, -0.2) is 47.8 Å². The molecule has 0 spiro atoms. The third-order valence-corrected chi connectivity index (χ3v) is 5.18. The highest BCUT2D eigenvalue weighted by molar-refractivity contribution is 7.17. The zero-order valence-electron chi connectivity index (χ0n) is 12.9. The zero-order chi connectivity index (χ0) is 17.1. The van der Waals surface area contributed by atoms with E-state index in [1.54, 1.807) is 34.1 Å². The van der Waals surface area contributed by atoms with Crippen LogP contribution in [0.25, 0.3) is 0 Å². The van der Waals surface area contributed by atoms with Crippen molar-refractivity contribution in [3.8, 4) is 0 Å². The van der Waals surface area contributed by atoms with Crippen LogP contribution in [0.1, 0.15) is 26.5 Å². The maximum Gasteiger partial charge on any atom is 0.264 e. The summed E-state index contributed by atoms with van der Waals surface area (Å²) in [6.45, 7) is 1.88. The Bertz CT molecular complexity index is 765. The van der Waals surface area contributed by atoms with E-state index in [1.165, 1.54) is 23.5 Å². The summed E-state index contributed by atoms with van der Waals surface area (Å²) in [6, 6.07) is 9.37. The molecule has 0 atom stereocenters. The van der Waals surface area contributed by atoms with Gasteiger partial charge in [0.15, 0.2) is 0 Å². The average Bonchev–Trinajstić information content (AvgIpc) is 2.87. The molecule has 1 aliphatic heterocycles. The van der Waals surface area contributed by atoms with Crippen molar-refractivity contribution in [2.75, 3.05) is 26.2 Å². The number of carbonyl (C=O) groups excluding carboxylic acids is 2. The molecule has 24 heavy (non-hydrogen) atoms. The quantitative estimate of drug-likeness (QED) is 0.815. The summed E-state index contributed by atoms with van der Waals surface area (Å²) in [5.41, 5.74) is 0.0716. The molecule has 1 aromatic heterocycles. The van der Waals surface area contributed by atoms with Crippen LogP contribution in [0.5, 0.6) is 0 Å². The largest absolute Gasteiger partial charge is 0.337 e. The number of rotatable bonds is 2. The summed E-state index contributed by atoms with van der Waals surface area (Å²) in [5, 5.41) is 0. The third kappa shape index (κ3) is 3.60. The van der Waals surface area contributed by atoms with E-state index < -0.39 is 5.82 Å². The van der Waals surface area contributed by atoms with Crippen LogP contribution in [0, 0.1) is 5.82 Å². The van der Waals surface area contributed by atoms with E-state index in [4.69, 9.17) is 11.6 Å². The molecule has 1 aliphatic rings. The summed E-state index contributed by atoms with van der Waals surface area (Å²) in [6.07, 6.45) is 0.658. The lowest BCUT2D eigenvalue weighted by molar-refractivity contribution is 0.0718. The van der Waals surface area contributed by atoms with Crippen LogP contribution < -0.4 is 0 Å². The molecule has 4 nitrogen and oxygen atoms in total. The molecule has 3 rings (SSSR count). The van der Waals surface area contributed by atoms with E-state index in [0.717, 1.165) is 0 Å². The van der Waals surface area contributed by atoms with E-state index in [2.05, 4.69) is 0 Å². The lowest BCUT2D eigenvalue weighted by Crippen LogP contribution is -2.37. The van der Waals surface area contributed by atoms with Crippen LogP contribution >= 0.6 is 22.9 Å². The molecule has 0 saturated carbocycles. The van der Waals surface area contributed by atoms with E-state index in [0.29, 0.717) is 41.8 Å². The van der Waals surface area contributed by atoms with Crippen molar-refractivity contribution in [1.29, 1.82) is 0 Å².